The summed E-state index contributed by atoms with van der Waals surface area (Å²) in [5, 5.41) is 3.15. The molecule has 0 radical (unpaired) electrons. The van der Waals surface area contributed by atoms with Crippen LogP contribution in [0.3, 0.4) is 0 Å². The molecule has 1 fully saturated rings. The van der Waals surface area contributed by atoms with Crippen molar-refractivity contribution in [1.29, 1.82) is 0 Å². The van der Waals surface area contributed by atoms with Gasteiger partial charge in [0.25, 0.3) is 0 Å². The van der Waals surface area contributed by atoms with Crippen molar-refractivity contribution in [2.45, 2.75) is 51.1 Å². The molecule has 23 heavy (non-hydrogen) atoms. The maximum absolute atomic E-state index is 12.6. The van der Waals surface area contributed by atoms with E-state index in [1.807, 2.05) is 23.1 Å². The molecule has 126 valence electrons. The maximum Gasteiger partial charge on any atom is 0.317 e. The molecule has 2 aliphatic rings. The zero-order chi connectivity index (χ0) is 16.2. The molecule has 1 aromatic rings. The fraction of sp³-hybridized carbons (Fsp3) is 0.611. The Morgan fingerprint density at radius 3 is 3.09 bits per heavy atom. The van der Waals surface area contributed by atoms with E-state index in [9.17, 15) is 4.79 Å². The molecule has 5 nitrogen and oxygen atoms in total. The number of ether oxygens (including phenoxy) is 2. The molecular weight excluding hydrogens is 292 g/mol. The predicted molar refractivity (Wildman–Crippen MR) is 89.1 cm³/mol. The maximum atomic E-state index is 12.6. The first kappa shape index (κ1) is 16.0. The van der Waals surface area contributed by atoms with Crippen LogP contribution in [0, 0.1) is 0 Å². The summed E-state index contributed by atoms with van der Waals surface area (Å²) in [5.41, 5.74) is 1.09. The standard InChI is InChI=1S/C18H26N2O3/c1-3-15-8-4-5-10-20(15)18(21)19-14-11-13-7-6-9-16(22-2)17(13)23-12-14/h6-7,9,14-15H,3-5,8,10-12H2,1-2H3,(H,19,21). The van der Waals surface area contributed by atoms with E-state index in [1.165, 1.54) is 6.42 Å². The van der Waals surface area contributed by atoms with Crippen LogP contribution in [0.25, 0.3) is 0 Å². The quantitative estimate of drug-likeness (QED) is 0.932. The minimum Gasteiger partial charge on any atom is -0.493 e. The zero-order valence-electron chi connectivity index (χ0n) is 14.0. The molecule has 2 unspecified atom stereocenters. The Labute approximate surface area is 137 Å². The number of likely N-dealkylation sites (tertiary alicyclic amines) is 1. The number of piperidine rings is 1. The van der Waals surface area contributed by atoms with Gasteiger partial charge in [-0.1, -0.05) is 19.1 Å². The van der Waals surface area contributed by atoms with Crippen LogP contribution in [0.1, 0.15) is 38.2 Å². The molecule has 5 heteroatoms. The largest absolute Gasteiger partial charge is 0.493 e. The van der Waals surface area contributed by atoms with Crippen molar-refractivity contribution in [2.75, 3.05) is 20.3 Å². The molecule has 2 heterocycles. The van der Waals surface area contributed by atoms with Gasteiger partial charge in [-0.3, -0.25) is 0 Å². The Morgan fingerprint density at radius 2 is 2.30 bits per heavy atom. The summed E-state index contributed by atoms with van der Waals surface area (Å²) >= 11 is 0. The van der Waals surface area contributed by atoms with E-state index in [0.29, 0.717) is 12.6 Å². The SMILES string of the molecule is CCC1CCCCN1C(=O)NC1COc2c(cccc2OC)C1. The second-order valence-electron chi connectivity index (χ2n) is 6.36. The van der Waals surface area contributed by atoms with E-state index in [0.717, 1.165) is 49.3 Å². The highest BCUT2D eigenvalue weighted by Crippen LogP contribution is 2.34. The van der Waals surface area contributed by atoms with Gasteiger partial charge in [0.05, 0.1) is 13.2 Å². The summed E-state index contributed by atoms with van der Waals surface area (Å²) in [4.78, 5) is 14.6. The number of benzene rings is 1. The Balaban J connectivity index is 1.64. The number of carbonyl (C=O) groups excluding carboxylic acids is 1. The van der Waals surface area contributed by atoms with Crippen molar-refractivity contribution in [1.82, 2.24) is 10.2 Å². The number of hydrogen-bond donors (Lipinski definition) is 1. The van der Waals surface area contributed by atoms with E-state index in [-0.39, 0.29) is 12.1 Å². The van der Waals surface area contributed by atoms with Gasteiger partial charge in [-0.2, -0.15) is 0 Å². The van der Waals surface area contributed by atoms with Crippen LogP contribution in [-0.4, -0.2) is 43.3 Å². The summed E-state index contributed by atoms with van der Waals surface area (Å²) in [7, 11) is 1.65. The van der Waals surface area contributed by atoms with Crippen molar-refractivity contribution in [3.63, 3.8) is 0 Å². The van der Waals surface area contributed by atoms with Crippen LogP contribution < -0.4 is 14.8 Å². The van der Waals surface area contributed by atoms with E-state index >= 15 is 0 Å². The molecule has 0 saturated carbocycles. The summed E-state index contributed by atoms with van der Waals surface area (Å²) < 4.78 is 11.2. The molecule has 2 aliphatic heterocycles. The van der Waals surface area contributed by atoms with Gasteiger partial charge in [0.15, 0.2) is 11.5 Å². The average Bonchev–Trinajstić information content (AvgIpc) is 2.60. The lowest BCUT2D eigenvalue weighted by Crippen LogP contribution is -2.53. The number of carbonyl (C=O) groups is 1. The lowest BCUT2D eigenvalue weighted by atomic mass is 10.00. The van der Waals surface area contributed by atoms with Crippen molar-refractivity contribution in [3.8, 4) is 11.5 Å². The summed E-state index contributed by atoms with van der Waals surface area (Å²) in [6.07, 6.45) is 5.25. The molecule has 0 aliphatic carbocycles. The van der Waals surface area contributed by atoms with E-state index < -0.39 is 0 Å². The number of urea groups is 1. The molecular formula is C18H26N2O3. The van der Waals surface area contributed by atoms with Crippen molar-refractivity contribution in [3.05, 3.63) is 23.8 Å². The van der Waals surface area contributed by atoms with Crippen LogP contribution in [0.5, 0.6) is 11.5 Å². The fourth-order valence-corrected chi connectivity index (χ4v) is 3.60. The molecule has 0 spiro atoms. The smallest absolute Gasteiger partial charge is 0.317 e. The highest BCUT2D eigenvalue weighted by atomic mass is 16.5. The molecule has 0 bridgehead atoms. The Morgan fingerprint density at radius 1 is 1.43 bits per heavy atom. The van der Waals surface area contributed by atoms with E-state index in [4.69, 9.17) is 9.47 Å². The lowest BCUT2D eigenvalue weighted by Gasteiger charge is -2.37. The van der Waals surface area contributed by atoms with Crippen LogP contribution in [-0.2, 0) is 6.42 Å². The first-order valence-corrected chi connectivity index (χ1v) is 8.58. The lowest BCUT2D eigenvalue weighted by molar-refractivity contribution is 0.139. The first-order valence-electron chi connectivity index (χ1n) is 8.58. The van der Waals surface area contributed by atoms with Crippen LogP contribution in [0.15, 0.2) is 18.2 Å². The number of rotatable bonds is 3. The second-order valence-corrected chi connectivity index (χ2v) is 6.36. The third-order valence-electron chi connectivity index (χ3n) is 4.86. The topological polar surface area (TPSA) is 50.8 Å². The minimum atomic E-state index is 0.0153. The molecule has 3 rings (SSSR count). The van der Waals surface area contributed by atoms with Crippen LogP contribution in [0.4, 0.5) is 4.79 Å². The van der Waals surface area contributed by atoms with Gasteiger partial charge >= 0.3 is 6.03 Å². The van der Waals surface area contributed by atoms with Gasteiger partial charge in [0, 0.05) is 18.2 Å². The van der Waals surface area contributed by atoms with E-state index in [1.54, 1.807) is 7.11 Å². The minimum absolute atomic E-state index is 0.0153. The predicted octanol–water partition coefficient (Wildman–Crippen LogP) is 2.97. The zero-order valence-corrected chi connectivity index (χ0v) is 14.0. The highest BCUT2D eigenvalue weighted by Gasteiger charge is 2.29. The molecule has 2 atom stereocenters. The Hall–Kier alpha value is -1.91. The second kappa shape index (κ2) is 7.11. The van der Waals surface area contributed by atoms with Gasteiger partial charge in [-0.25, -0.2) is 4.79 Å². The van der Waals surface area contributed by atoms with Gasteiger partial charge in [0.1, 0.15) is 6.61 Å². The third kappa shape index (κ3) is 3.38. The Kier molecular flexibility index (Phi) is 4.94. The number of fused-ring (bicyclic) bond motifs is 1. The van der Waals surface area contributed by atoms with Crippen LogP contribution >= 0.6 is 0 Å². The van der Waals surface area contributed by atoms with Crippen molar-refractivity contribution in [2.24, 2.45) is 0 Å². The number of methoxy groups -OCH3 is 1. The number of nitrogens with one attached hydrogen (secondary N) is 1. The summed E-state index contributed by atoms with van der Waals surface area (Å²) in [5.74, 6) is 1.57. The van der Waals surface area contributed by atoms with Crippen molar-refractivity contribution >= 4 is 6.03 Å². The van der Waals surface area contributed by atoms with Gasteiger partial charge < -0.3 is 19.7 Å². The normalized spacial score (nSPS) is 23.7. The molecule has 1 saturated heterocycles. The van der Waals surface area contributed by atoms with E-state index in [2.05, 4.69) is 12.2 Å². The van der Waals surface area contributed by atoms with Gasteiger partial charge in [0.2, 0.25) is 0 Å². The molecule has 2 amide bonds. The van der Waals surface area contributed by atoms with Crippen LogP contribution in [0.2, 0.25) is 0 Å². The number of hydrogen-bond acceptors (Lipinski definition) is 3. The highest BCUT2D eigenvalue weighted by molar-refractivity contribution is 5.75. The molecule has 0 aromatic heterocycles. The third-order valence-corrected chi connectivity index (χ3v) is 4.86. The van der Waals surface area contributed by atoms with Crippen molar-refractivity contribution < 1.29 is 14.3 Å². The summed E-state index contributed by atoms with van der Waals surface area (Å²) in [6, 6.07) is 6.34. The average molecular weight is 318 g/mol. The number of amides is 2. The Bertz CT molecular complexity index is 561. The van der Waals surface area contributed by atoms with Gasteiger partial charge in [-0.05, 0) is 38.2 Å². The molecule has 1 aromatic carbocycles. The summed E-state index contributed by atoms with van der Waals surface area (Å²) in [6.45, 7) is 3.51. The fourth-order valence-electron chi connectivity index (χ4n) is 3.60. The molecule has 1 N–H and O–H groups in total. The van der Waals surface area contributed by atoms with Gasteiger partial charge in [-0.15, -0.1) is 0 Å². The first-order chi connectivity index (χ1) is 11.2. The monoisotopic (exact) mass is 318 g/mol. The number of nitrogens with zero attached hydrogens (tertiary/aromatic N) is 1. The number of para-hydroxylation sites is 1.